The zero-order valence-electron chi connectivity index (χ0n) is 15.3. The van der Waals surface area contributed by atoms with Crippen molar-refractivity contribution >= 4 is 11.6 Å². The van der Waals surface area contributed by atoms with Crippen LogP contribution in [0, 0.1) is 0 Å². The Kier molecular flexibility index (Phi) is 4.88. The molecule has 0 aliphatic carbocycles. The van der Waals surface area contributed by atoms with Crippen molar-refractivity contribution in [1.82, 2.24) is 20.0 Å². The summed E-state index contributed by atoms with van der Waals surface area (Å²) < 4.78 is 7.01. The van der Waals surface area contributed by atoms with E-state index in [1.165, 1.54) is 0 Å². The molecule has 4 aromatic rings. The van der Waals surface area contributed by atoms with Crippen LogP contribution in [-0.2, 0) is 6.54 Å². The number of carbonyl (C=O) groups excluding carboxylic acids is 1. The minimum Gasteiger partial charge on any atom is -0.497 e. The van der Waals surface area contributed by atoms with Crippen LogP contribution in [0.5, 0.6) is 5.75 Å². The minimum absolute atomic E-state index is 0.277. The number of nitrogens with zero attached hydrogens (tertiary/aromatic N) is 3. The highest BCUT2D eigenvalue weighted by Gasteiger charge is 2.13. The average Bonchev–Trinajstić information content (AvgIpc) is 3.39. The van der Waals surface area contributed by atoms with Crippen LogP contribution in [0.1, 0.15) is 16.1 Å². The summed E-state index contributed by atoms with van der Waals surface area (Å²) in [5, 5.41) is 14.1. The number of hydrogen-bond donors (Lipinski definition) is 2. The molecule has 0 spiro atoms. The monoisotopic (exact) mass is 373 g/mol. The molecule has 140 valence electrons. The molecule has 0 aliphatic heterocycles. The van der Waals surface area contributed by atoms with Crippen LogP contribution >= 0.6 is 0 Å². The maximum Gasteiger partial charge on any atom is 0.273 e. The van der Waals surface area contributed by atoms with Gasteiger partial charge in [-0.2, -0.15) is 10.2 Å². The number of rotatable bonds is 6. The topological polar surface area (TPSA) is 84.8 Å². The minimum atomic E-state index is -0.277. The number of methoxy groups -OCH3 is 1. The van der Waals surface area contributed by atoms with E-state index in [1.807, 2.05) is 54.6 Å². The number of nitrogens with one attached hydrogen (secondary N) is 2. The molecule has 0 bridgehead atoms. The maximum atomic E-state index is 12.5. The van der Waals surface area contributed by atoms with Gasteiger partial charge in [0.05, 0.1) is 31.2 Å². The van der Waals surface area contributed by atoms with E-state index >= 15 is 0 Å². The van der Waals surface area contributed by atoms with Gasteiger partial charge in [0.15, 0.2) is 0 Å². The lowest BCUT2D eigenvalue weighted by Crippen LogP contribution is -2.11. The van der Waals surface area contributed by atoms with Crippen molar-refractivity contribution in [2.45, 2.75) is 6.54 Å². The number of amides is 1. The Morgan fingerprint density at radius 3 is 2.82 bits per heavy atom. The second-order valence-electron chi connectivity index (χ2n) is 6.27. The number of aromatic amines is 1. The van der Waals surface area contributed by atoms with Crippen LogP contribution in [0.15, 0.2) is 73.1 Å². The van der Waals surface area contributed by atoms with Gasteiger partial charge in [0.1, 0.15) is 11.4 Å². The van der Waals surface area contributed by atoms with E-state index in [-0.39, 0.29) is 5.91 Å². The maximum absolute atomic E-state index is 12.5. The van der Waals surface area contributed by atoms with Gasteiger partial charge in [-0.1, -0.05) is 42.5 Å². The fraction of sp³-hybridized carbons (Fsp3) is 0.0952. The molecule has 7 nitrogen and oxygen atoms in total. The Balaban J connectivity index is 1.44. The van der Waals surface area contributed by atoms with Crippen molar-refractivity contribution in [1.29, 1.82) is 0 Å². The van der Waals surface area contributed by atoms with Crippen molar-refractivity contribution in [2.75, 3.05) is 12.4 Å². The third-order valence-corrected chi connectivity index (χ3v) is 4.27. The molecule has 28 heavy (non-hydrogen) atoms. The standard InChI is InChI=1S/C21H19N5O2/c1-28-18-9-5-8-16(10-18)19-11-20(25-24-19)21(27)23-17-12-22-26(14-17)13-15-6-3-2-4-7-15/h2-12,14H,13H2,1H3,(H,23,27)(H,24,25). The molecule has 0 aliphatic rings. The van der Waals surface area contributed by atoms with E-state index in [9.17, 15) is 4.79 Å². The normalized spacial score (nSPS) is 10.6. The van der Waals surface area contributed by atoms with Gasteiger partial charge in [-0.05, 0) is 23.8 Å². The highest BCUT2D eigenvalue weighted by Crippen LogP contribution is 2.22. The first-order chi connectivity index (χ1) is 13.7. The quantitative estimate of drug-likeness (QED) is 0.541. The van der Waals surface area contributed by atoms with Crippen LogP contribution in [0.25, 0.3) is 11.3 Å². The molecular weight excluding hydrogens is 354 g/mol. The van der Waals surface area contributed by atoms with E-state index in [0.29, 0.717) is 23.6 Å². The summed E-state index contributed by atoms with van der Waals surface area (Å²) in [6.07, 6.45) is 3.42. The predicted molar refractivity (Wildman–Crippen MR) is 106 cm³/mol. The summed E-state index contributed by atoms with van der Waals surface area (Å²) in [5.74, 6) is 0.457. The number of ether oxygens (including phenoxy) is 1. The number of benzene rings is 2. The third-order valence-electron chi connectivity index (χ3n) is 4.27. The van der Waals surface area contributed by atoms with Gasteiger partial charge in [-0.15, -0.1) is 0 Å². The van der Waals surface area contributed by atoms with Crippen LogP contribution in [0.2, 0.25) is 0 Å². The lowest BCUT2D eigenvalue weighted by molar-refractivity contribution is 0.102. The zero-order chi connectivity index (χ0) is 19.3. The Labute approximate surface area is 162 Å². The van der Waals surface area contributed by atoms with Gasteiger partial charge < -0.3 is 10.1 Å². The van der Waals surface area contributed by atoms with Crippen molar-refractivity contribution in [3.63, 3.8) is 0 Å². The van der Waals surface area contributed by atoms with Crippen LogP contribution < -0.4 is 10.1 Å². The second-order valence-corrected chi connectivity index (χ2v) is 6.27. The van der Waals surface area contributed by atoms with Crippen molar-refractivity contribution in [3.8, 4) is 17.0 Å². The zero-order valence-corrected chi connectivity index (χ0v) is 15.3. The van der Waals surface area contributed by atoms with Crippen LogP contribution in [-0.4, -0.2) is 33.0 Å². The number of anilines is 1. The van der Waals surface area contributed by atoms with Crippen molar-refractivity contribution in [2.24, 2.45) is 0 Å². The fourth-order valence-corrected chi connectivity index (χ4v) is 2.85. The van der Waals surface area contributed by atoms with Crippen LogP contribution in [0.4, 0.5) is 5.69 Å². The molecule has 2 N–H and O–H groups in total. The highest BCUT2D eigenvalue weighted by atomic mass is 16.5. The van der Waals surface area contributed by atoms with Crippen molar-refractivity contribution < 1.29 is 9.53 Å². The molecule has 7 heteroatoms. The van der Waals surface area contributed by atoms with Gasteiger partial charge in [-0.3, -0.25) is 14.6 Å². The average molecular weight is 373 g/mol. The van der Waals surface area contributed by atoms with Gasteiger partial charge >= 0.3 is 0 Å². The molecule has 0 fully saturated rings. The van der Waals surface area contributed by atoms with Gasteiger partial charge in [0.25, 0.3) is 5.91 Å². The lowest BCUT2D eigenvalue weighted by Gasteiger charge is -2.01. The number of aromatic nitrogens is 4. The highest BCUT2D eigenvalue weighted by molar-refractivity contribution is 6.03. The summed E-state index contributed by atoms with van der Waals surface area (Å²) in [4.78, 5) is 12.5. The fourth-order valence-electron chi connectivity index (χ4n) is 2.85. The smallest absolute Gasteiger partial charge is 0.273 e. The first kappa shape index (κ1) is 17.5. The molecule has 0 unspecified atom stereocenters. The number of hydrogen-bond acceptors (Lipinski definition) is 4. The summed E-state index contributed by atoms with van der Waals surface area (Å²) in [6, 6.07) is 19.2. The third kappa shape index (κ3) is 3.93. The molecule has 4 rings (SSSR count). The second kappa shape index (κ2) is 7.79. The van der Waals surface area contributed by atoms with Gasteiger partial charge in [-0.25, -0.2) is 0 Å². The number of H-pyrrole nitrogens is 1. The van der Waals surface area contributed by atoms with Crippen LogP contribution in [0.3, 0.4) is 0 Å². The molecule has 0 atom stereocenters. The largest absolute Gasteiger partial charge is 0.497 e. The van der Waals surface area contributed by atoms with E-state index in [2.05, 4.69) is 20.6 Å². The summed E-state index contributed by atoms with van der Waals surface area (Å²) in [7, 11) is 1.61. The Hall–Kier alpha value is -3.87. The molecular formula is C21H19N5O2. The molecule has 0 radical (unpaired) electrons. The Bertz CT molecular complexity index is 1080. The summed E-state index contributed by atoms with van der Waals surface area (Å²) in [5.41, 5.74) is 3.67. The van der Waals surface area contributed by atoms with E-state index in [4.69, 9.17) is 4.74 Å². The molecule has 1 amide bonds. The van der Waals surface area contributed by atoms with Gasteiger partial charge in [0.2, 0.25) is 0 Å². The SMILES string of the molecule is COc1cccc(-c2cc(C(=O)Nc3cnn(Cc4ccccc4)c3)[nH]n2)c1. The molecule has 0 saturated carbocycles. The molecule has 2 heterocycles. The number of carbonyl (C=O) groups is 1. The Morgan fingerprint density at radius 2 is 2.00 bits per heavy atom. The summed E-state index contributed by atoms with van der Waals surface area (Å²) >= 11 is 0. The van der Waals surface area contributed by atoms with E-state index < -0.39 is 0 Å². The van der Waals surface area contributed by atoms with Gasteiger partial charge in [0, 0.05) is 11.8 Å². The molecule has 2 aromatic heterocycles. The van der Waals surface area contributed by atoms with Crippen molar-refractivity contribution in [3.05, 3.63) is 84.3 Å². The van der Waals surface area contributed by atoms with E-state index in [0.717, 1.165) is 16.9 Å². The first-order valence-corrected chi connectivity index (χ1v) is 8.79. The molecule has 2 aromatic carbocycles. The summed E-state index contributed by atoms with van der Waals surface area (Å²) in [6.45, 7) is 0.640. The van der Waals surface area contributed by atoms with E-state index in [1.54, 1.807) is 30.3 Å². The Morgan fingerprint density at radius 1 is 1.14 bits per heavy atom. The lowest BCUT2D eigenvalue weighted by atomic mass is 10.1. The molecule has 0 saturated heterocycles. The predicted octanol–water partition coefficient (Wildman–Crippen LogP) is 3.58. The first-order valence-electron chi connectivity index (χ1n) is 8.79.